The molecule has 3 aromatic rings. The smallest absolute Gasteiger partial charge is 0.428 e. The molecule has 42 heavy (non-hydrogen) atoms. The van der Waals surface area contributed by atoms with Gasteiger partial charge in [-0.25, -0.2) is 9.97 Å². The van der Waals surface area contributed by atoms with Gasteiger partial charge in [0.1, 0.15) is 9.61 Å². The van der Waals surface area contributed by atoms with Crippen molar-refractivity contribution in [2.45, 2.75) is 44.3 Å². The van der Waals surface area contributed by atoms with Crippen molar-refractivity contribution in [2.24, 2.45) is 0 Å². The number of nitrogens with one attached hydrogen (secondary N) is 1. The van der Waals surface area contributed by atoms with Gasteiger partial charge in [-0.05, 0) is 64.7 Å². The molecule has 2 heterocycles. The minimum Gasteiger partial charge on any atom is -0.431 e. The van der Waals surface area contributed by atoms with E-state index in [0.29, 0.717) is 16.9 Å². The van der Waals surface area contributed by atoms with E-state index in [0.717, 1.165) is 30.6 Å². The van der Waals surface area contributed by atoms with E-state index in [9.17, 15) is 35.8 Å². The lowest BCUT2D eigenvalue weighted by Crippen LogP contribution is -2.43. The number of aromatic nitrogens is 2. The molecule has 0 saturated carbocycles. The van der Waals surface area contributed by atoms with Gasteiger partial charge in [-0.2, -0.15) is 30.7 Å². The largest absolute Gasteiger partial charge is 0.431 e. The van der Waals surface area contributed by atoms with E-state index in [1.54, 1.807) is 19.1 Å². The minimum atomic E-state index is -5.21. The predicted octanol–water partition coefficient (Wildman–Crippen LogP) is 7.43. The lowest BCUT2D eigenvalue weighted by molar-refractivity contribution is -0.248. The number of benzene rings is 1. The van der Waals surface area contributed by atoms with Gasteiger partial charge in [0.15, 0.2) is 11.5 Å². The number of hydrogen-bond donors (Lipinski definition) is 2. The molecule has 2 aromatic heterocycles. The van der Waals surface area contributed by atoms with Crippen LogP contribution < -0.4 is 15.0 Å². The first-order chi connectivity index (χ1) is 19.8. The maximum absolute atomic E-state index is 14.3. The van der Waals surface area contributed by atoms with Gasteiger partial charge in [-0.3, -0.25) is 10.3 Å². The topological polar surface area (TPSA) is 85.7 Å². The van der Waals surface area contributed by atoms with Crippen molar-refractivity contribution >= 4 is 27.3 Å². The van der Waals surface area contributed by atoms with Crippen LogP contribution in [0.15, 0.2) is 71.3 Å². The fraction of sp³-hybridized carbons (Fsp3) is 0.308. The van der Waals surface area contributed by atoms with Crippen LogP contribution in [-0.4, -0.2) is 41.6 Å². The number of allylic oxidation sites excluding steroid dienone is 3. The Bertz CT molecular complexity index is 1390. The number of pyridine rings is 1. The van der Waals surface area contributed by atoms with Crippen molar-refractivity contribution in [3.05, 3.63) is 92.3 Å². The van der Waals surface area contributed by atoms with Gasteiger partial charge < -0.3 is 14.6 Å². The fourth-order valence-electron chi connectivity index (χ4n) is 3.85. The fourth-order valence-corrected chi connectivity index (χ4v) is 5.26. The third-order valence-corrected chi connectivity index (χ3v) is 7.52. The Balaban J connectivity index is 2.16. The van der Waals surface area contributed by atoms with Crippen molar-refractivity contribution in [3.8, 4) is 11.5 Å². The summed E-state index contributed by atoms with van der Waals surface area (Å²) in [7, 11) is 1.37. The number of hydroxylamine groups is 1. The van der Waals surface area contributed by atoms with Crippen LogP contribution in [0.3, 0.4) is 0 Å². The van der Waals surface area contributed by atoms with Crippen molar-refractivity contribution in [1.29, 1.82) is 0 Å². The molecule has 228 valence electrons. The maximum Gasteiger partial charge on any atom is 0.428 e. The number of nitrogens with zero attached hydrogens (tertiary/aromatic N) is 2. The Hall–Kier alpha value is -3.21. The van der Waals surface area contributed by atoms with Gasteiger partial charge in [-0.15, -0.1) is 11.3 Å². The van der Waals surface area contributed by atoms with Crippen LogP contribution in [0.2, 0.25) is 0 Å². The molecule has 1 aromatic carbocycles. The zero-order valence-corrected chi connectivity index (χ0v) is 24.1. The molecule has 0 bridgehead atoms. The number of hydrogen-bond acceptors (Lipinski definition) is 8. The lowest BCUT2D eigenvalue weighted by Gasteiger charge is -2.28. The van der Waals surface area contributed by atoms with Crippen molar-refractivity contribution in [2.75, 3.05) is 7.11 Å². The highest BCUT2D eigenvalue weighted by Crippen LogP contribution is 2.47. The first-order valence-electron chi connectivity index (χ1n) is 11.8. The predicted molar refractivity (Wildman–Crippen MR) is 142 cm³/mol. The number of rotatable bonds is 13. The summed E-state index contributed by atoms with van der Waals surface area (Å²) in [5.74, 6) is -2.23. The Morgan fingerprint density at radius 3 is 2.31 bits per heavy atom. The maximum atomic E-state index is 14.3. The Morgan fingerprint density at radius 1 is 1.05 bits per heavy atom. The molecule has 0 aliphatic heterocycles. The molecule has 0 aliphatic carbocycles. The van der Waals surface area contributed by atoms with Gasteiger partial charge in [-0.1, -0.05) is 18.2 Å². The van der Waals surface area contributed by atoms with Gasteiger partial charge in [0.05, 0.1) is 7.11 Å². The van der Waals surface area contributed by atoms with Crippen LogP contribution in [0.1, 0.15) is 40.3 Å². The average molecular weight is 686 g/mol. The van der Waals surface area contributed by atoms with Gasteiger partial charge in [0, 0.05) is 35.0 Å². The van der Waals surface area contributed by atoms with E-state index in [4.69, 9.17) is 4.84 Å². The van der Waals surface area contributed by atoms with E-state index in [-0.39, 0.29) is 21.5 Å². The average Bonchev–Trinajstić information content (AvgIpc) is 3.41. The molecule has 0 amide bonds. The quantitative estimate of drug-likeness (QED) is 0.0838. The highest BCUT2D eigenvalue weighted by molar-refractivity contribution is 9.10. The first-order valence-corrected chi connectivity index (χ1v) is 13.4. The van der Waals surface area contributed by atoms with Crippen LogP contribution in [0.5, 0.6) is 11.5 Å². The molecule has 2 unspecified atom stereocenters. The summed E-state index contributed by atoms with van der Waals surface area (Å²) in [5.41, 5.74) is -0.795. The molecule has 7 nitrogen and oxygen atoms in total. The number of thiazole rings is 1. The molecule has 3 rings (SSSR count). The van der Waals surface area contributed by atoms with Gasteiger partial charge in [0.2, 0.25) is 5.60 Å². The molecule has 2 N–H and O–H groups in total. The highest BCUT2D eigenvalue weighted by Gasteiger charge is 2.58. The van der Waals surface area contributed by atoms with Crippen LogP contribution in [0.25, 0.3) is 0 Å². The molecule has 16 heteroatoms. The molecular weight excluding hydrogens is 663 g/mol. The second-order valence-corrected chi connectivity index (χ2v) is 10.3. The van der Waals surface area contributed by atoms with Crippen LogP contribution >= 0.6 is 27.3 Å². The minimum absolute atomic E-state index is 0.0769. The van der Waals surface area contributed by atoms with Crippen LogP contribution in [0.4, 0.5) is 30.7 Å². The van der Waals surface area contributed by atoms with E-state index in [1.165, 1.54) is 25.4 Å². The summed E-state index contributed by atoms with van der Waals surface area (Å²) in [5, 5.41) is 10.3. The second-order valence-electron chi connectivity index (χ2n) is 8.38. The molecular formula is C26H23BrF7N3O4S. The molecule has 0 fully saturated rings. The normalized spacial score (nSPS) is 14.8. The van der Waals surface area contributed by atoms with E-state index in [1.807, 2.05) is 0 Å². The molecule has 0 spiro atoms. The van der Waals surface area contributed by atoms with Crippen molar-refractivity contribution in [1.82, 2.24) is 15.4 Å². The molecule has 0 saturated heterocycles. The summed E-state index contributed by atoms with van der Waals surface area (Å²) < 4.78 is 104. The number of ether oxygens (including phenoxy) is 2. The SMILES string of the molecule is C/C=C(\C=C/NOC)CC(c1ccc(OC(F)F)c(OC(F)F)c1)c1cnc(C(O)(c2ccc(Br)nc2)C(F)(F)F)s1. The Kier molecular flexibility index (Phi) is 11.3. The Labute approximate surface area is 247 Å². The zero-order valence-electron chi connectivity index (χ0n) is 21.7. The Morgan fingerprint density at radius 2 is 1.74 bits per heavy atom. The lowest BCUT2D eigenvalue weighted by atomic mass is 9.90. The van der Waals surface area contributed by atoms with Crippen molar-refractivity contribution < 1.29 is 50.2 Å². The summed E-state index contributed by atoms with van der Waals surface area (Å²) in [4.78, 5) is 12.6. The standard InChI is InChI=1S/C26H23BrF7N3O4S/c1-3-14(8-9-37-39-2)10-17(15-4-6-18(40-23(28)29)19(11-15)41-24(30)31)20-13-36-22(42-20)25(38,26(32,33)34)16-5-7-21(27)35-12-16/h3-9,11-13,17,23-24,37-38H,10H2,1-2H3/b9-8-,14-3+. The van der Waals surface area contributed by atoms with Gasteiger partial charge >= 0.3 is 19.4 Å². The third-order valence-electron chi connectivity index (χ3n) is 5.83. The third kappa shape index (κ3) is 7.99. The van der Waals surface area contributed by atoms with Crippen LogP contribution in [0, 0.1) is 0 Å². The van der Waals surface area contributed by atoms with Crippen LogP contribution in [-0.2, 0) is 10.4 Å². The first kappa shape index (κ1) is 33.3. The summed E-state index contributed by atoms with van der Waals surface area (Å²) >= 11 is 3.57. The molecule has 0 aliphatic rings. The summed E-state index contributed by atoms with van der Waals surface area (Å²) in [6.07, 6.45) is 1.58. The van der Waals surface area contributed by atoms with E-state index >= 15 is 0 Å². The number of alkyl halides is 7. The molecule has 2 atom stereocenters. The zero-order chi connectivity index (χ0) is 31.1. The van der Waals surface area contributed by atoms with E-state index in [2.05, 4.69) is 40.9 Å². The van der Waals surface area contributed by atoms with E-state index < -0.39 is 53.0 Å². The summed E-state index contributed by atoms with van der Waals surface area (Å²) in [6.45, 7) is -5.03. The highest BCUT2D eigenvalue weighted by atomic mass is 79.9. The monoisotopic (exact) mass is 685 g/mol. The molecule has 0 radical (unpaired) electrons. The van der Waals surface area contributed by atoms with Gasteiger partial charge in [0.25, 0.3) is 0 Å². The van der Waals surface area contributed by atoms with Crippen molar-refractivity contribution in [3.63, 3.8) is 0 Å². The number of aliphatic hydroxyl groups is 1. The summed E-state index contributed by atoms with van der Waals surface area (Å²) in [6, 6.07) is 5.59. The number of halogens is 8. The second kappa shape index (κ2) is 14.3.